The number of hydrogen-bond donors (Lipinski definition) is 2. The van der Waals surface area contributed by atoms with Gasteiger partial charge in [0.05, 0.1) is 19.8 Å². The van der Waals surface area contributed by atoms with Gasteiger partial charge in [-0.05, 0) is 6.92 Å². The van der Waals surface area contributed by atoms with E-state index in [1.165, 1.54) is 0 Å². The fourth-order valence-corrected chi connectivity index (χ4v) is 0.613. The predicted octanol–water partition coefficient (Wildman–Crippen LogP) is 0.161. The van der Waals surface area contributed by atoms with Crippen molar-refractivity contribution in [2.24, 2.45) is 0 Å². The molecule has 0 aromatic carbocycles. The van der Waals surface area contributed by atoms with E-state index >= 15 is 0 Å². The molecule has 0 aromatic heterocycles. The molecule has 0 aromatic rings. The summed E-state index contributed by atoms with van der Waals surface area (Å²) >= 11 is 0. The van der Waals surface area contributed by atoms with Gasteiger partial charge in [0.1, 0.15) is 0 Å². The van der Waals surface area contributed by atoms with Crippen molar-refractivity contribution < 1.29 is 9.84 Å². The predicted molar refractivity (Wildman–Crippen MR) is 45.6 cm³/mol. The lowest BCUT2D eigenvalue weighted by Gasteiger charge is -2.03. The molecule has 0 fully saturated rings. The lowest BCUT2D eigenvalue weighted by atomic mass is 10.3. The van der Waals surface area contributed by atoms with Gasteiger partial charge in [-0.25, -0.2) is 0 Å². The Hall–Kier alpha value is -0.380. The van der Waals surface area contributed by atoms with Crippen molar-refractivity contribution in [1.29, 1.82) is 0 Å². The van der Waals surface area contributed by atoms with Gasteiger partial charge >= 0.3 is 0 Å². The van der Waals surface area contributed by atoms with Crippen molar-refractivity contribution in [2.75, 3.05) is 32.9 Å². The maximum absolute atomic E-state index is 8.35. The van der Waals surface area contributed by atoms with Crippen LogP contribution >= 0.6 is 0 Å². The third-order valence-corrected chi connectivity index (χ3v) is 1.09. The second-order valence-corrected chi connectivity index (χ2v) is 2.47. The zero-order valence-electron chi connectivity index (χ0n) is 7.10. The van der Waals surface area contributed by atoms with Crippen LogP contribution in [-0.4, -0.2) is 38.0 Å². The molecule has 0 aliphatic rings. The Morgan fingerprint density at radius 2 is 2.27 bits per heavy atom. The van der Waals surface area contributed by atoms with E-state index in [2.05, 4.69) is 11.9 Å². The summed E-state index contributed by atoms with van der Waals surface area (Å²) in [5.74, 6) is 0. The summed E-state index contributed by atoms with van der Waals surface area (Å²) in [4.78, 5) is 0. The van der Waals surface area contributed by atoms with Crippen molar-refractivity contribution in [3.63, 3.8) is 0 Å². The molecule has 11 heavy (non-hydrogen) atoms. The highest BCUT2D eigenvalue weighted by Gasteiger charge is 1.87. The lowest BCUT2D eigenvalue weighted by molar-refractivity contribution is 0.0943. The summed E-state index contributed by atoms with van der Waals surface area (Å²) in [7, 11) is 0. The molecule has 66 valence electrons. The molecule has 0 saturated carbocycles. The summed E-state index contributed by atoms with van der Waals surface area (Å²) in [6.45, 7) is 8.54. The Bertz CT molecular complexity index is 104. The highest BCUT2D eigenvalue weighted by molar-refractivity contribution is 4.90. The van der Waals surface area contributed by atoms with Crippen LogP contribution in [0.25, 0.3) is 0 Å². The van der Waals surface area contributed by atoms with Crippen molar-refractivity contribution in [3.8, 4) is 0 Å². The van der Waals surface area contributed by atoms with Crippen LogP contribution in [0, 0.1) is 0 Å². The van der Waals surface area contributed by atoms with E-state index in [4.69, 9.17) is 9.84 Å². The number of nitrogens with one attached hydrogen (secondary N) is 1. The largest absolute Gasteiger partial charge is 0.394 e. The second kappa shape index (κ2) is 7.72. The van der Waals surface area contributed by atoms with Gasteiger partial charge in [-0.3, -0.25) is 0 Å². The van der Waals surface area contributed by atoms with E-state index < -0.39 is 0 Å². The molecular weight excluding hydrogens is 142 g/mol. The molecule has 2 N–H and O–H groups in total. The molecule has 0 radical (unpaired) electrons. The Morgan fingerprint density at radius 3 is 2.82 bits per heavy atom. The normalized spacial score (nSPS) is 10.0. The van der Waals surface area contributed by atoms with Crippen LogP contribution in [0.5, 0.6) is 0 Å². The highest BCUT2D eigenvalue weighted by Crippen LogP contribution is 1.80. The van der Waals surface area contributed by atoms with E-state index in [1.54, 1.807) is 0 Å². The minimum absolute atomic E-state index is 0.0977. The van der Waals surface area contributed by atoms with Crippen LogP contribution in [0.4, 0.5) is 0 Å². The van der Waals surface area contributed by atoms with Crippen molar-refractivity contribution >= 4 is 0 Å². The van der Waals surface area contributed by atoms with Crippen LogP contribution < -0.4 is 5.32 Å². The Kier molecular flexibility index (Phi) is 7.46. The first-order valence-electron chi connectivity index (χ1n) is 3.81. The minimum atomic E-state index is 0.0977. The van der Waals surface area contributed by atoms with Gasteiger partial charge in [0.25, 0.3) is 0 Å². The van der Waals surface area contributed by atoms with Gasteiger partial charge in [-0.1, -0.05) is 12.2 Å². The molecular formula is C8H17NO2. The van der Waals surface area contributed by atoms with Crippen molar-refractivity contribution in [1.82, 2.24) is 5.32 Å². The first-order chi connectivity index (χ1) is 5.27. The van der Waals surface area contributed by atoms with Crippen LogP contribution in [0.2, 0.25) is 0 Å². The molecule has 0 bridgehead atoms. The average molecular weight is 159 g/mol. The molecule has 0 aliphatic heterocycles. The molecule has 0 saturated heterocycles. The number of ether oxygens (including phenoxy) is 1. The van der Waals surface area contributed by atoms with E-state index in [1.807, 2.05) is 6.92 Å². The molecule has 0 spiro atoms. The topological polar surface area (TPSA) is 41.5 Å². The maximum atomic E-state index is 8.35. The summed E-state index contributed by atoms with van der Waals surface area (Å²) in [5, 5.41) is 11.5. The van der Waals surface area contributed by atoms with E-state index in [-0.39, 0.29) is 6.61 Å². The summed E-state index contributed by atoms with van der Waals surface area (Å²) in [6.07, 6.45) is 0. The lowest BCUT2D eigenvalue weighted by Crippen LogP contribution is -2.21. The Morgan fingerprint density at radius 1 is 1.55 bits per heavy atom. The van der Waals surface area contributed by atoms with Gasteiger partial charge in [0, 0.05) is 13.1 Å². The maximum Gasteiger partial charge on any atom is 0.0698 e. The number of rotatable bonds is 7. The number of hydrogen-bond acceptors (Lipinski definition) is 3. The van der Waals surface area contributed by atoms with Crippen LogP contribution in [-0.2, 0) is 4.74 Å². The molecule has 0 amide bonds. The minimum Gasteiger partial charge on any atom is -0.394 e. The van der Waals surface area contributed by atoms with Gasteiger partial charge in [-0.2, -0.15) is 0 Å². The first kappa shape index (κ1) is 10.6. The highest BCUT2D eigenvalue weighted by atomic mass is 16.5. The second-order valence-electron chi connectivity index (χ2n) is 2.47. The quantitative estimate of drug-likeness (QED) is 0.411. The fourth-order valence-electron chi connectivity index (χ4n) is 0.613. The first-order valence-corrected chi connectivity index (χ1v) is 3.81. The van der Waals surface area contributed by atoms with E-state index in [0.29, 0.717) is 13.2 Å². The van der Waals surface area contributed by atoms with Crippen LogP contribution in [0.3, 0.4) is 0 Å². The van der Waals surface area contributed by atoms with Gasteiger partial charge in [0.2, 0.25) is 0 Å². The van der Waals surface area contributed by atoms with Crippen LogP contribution in [0.15, 0.2) is 12.2 Å². The smallest absolute Gasteiger partial charge is 0.0698 e. The third kappa shape index (κ3) is 9.62. The number of aliphatic hydroxyl groups is 1. The Balaban J connectivity index is 2.85. The summed E-state index contributed by atoms with van der Waals surface area (Å²) in [5.41, 5.74) is 1.12. The molecule has 0 atom stereocenters. The standard InChI is InChI=1S/C8H17NO2/c1-8(2)7-9-3-5-11-6-4-10/h9-10H,1,3-7H2,2H3. The molecule has 0 heterocycles. The third-order valence-electron chi connectivity index (χ3n) is 1.09. The van der Waals surface area contributed by atoms with E-state index in [9.17, 15) is 0 Å². The summed E-state index contributed by atoms with van der Waals surface area (Å²) in [6, 6.07) is 0. The molecule has 0 unspecified atom stereocenters. The summed E-state index contributed by atoms with van der Waals surface area (Å²) < 4.78 is 5.02. The zero-order valence-corrected chi connectivity index (χ0v) is 7.10. The average Bonchev–Trinajstić information content (AvgIpc) is 1.96. The van der Waals surface area contributed by atoms with Crippen molar-refractivity contribution in [3.05, 3.63) is 12.2 Å². The van der Waals surface area contributed by atoms with Crippen LogP contribution in [0.1, 0.15) is 6.92 Å². The Labute approximate surface area is 68.1 Å². The monoisotopic (exact) mass is 159 g/mol. The SMILES string of the molecule is C=C(C)CNCCOCCO. The van der Waals surface area contributed by atoms with Gasteiger partial charge in [-0.15, -0.1) is 0 Å². The zero-order chi connectivity index (χ0) is 8.53. The van der Waals surface area contributed by atoms with Gasteiger partial charge in [0.15, 0.2) is 0 Å². The fraction of sp³-hybridized carbons (Fsp3) is 0.750. The molecule has 3 heteroatoms. The molecule has 3 nitrogen and oxygen atoms in total. The molecule has 0 aliphatic carbocycles. The van der Waals surface area contributed by atoms with Crippen molar-refractivity contribution in [2.45, 2.75) is 6.92 Å². The number of aliphatic hydroxyl groups excluding tert-OH is 1. The molecule has 0 rings (SSSR count). The van der Waals surface area contributed by atoms with E-state index in [0.717, 1.165) is 18.7 Å². The van der Waals surface area contributed by atoms with Gasteiger partial charge < -0.3 is 15.2 Å².